The number of carbonyl (C=O) groups is 2. The van der Waals surface area contributed by atoms with Crippen molar-refractivity contribution < 1.29 is 9.59 Å². The SMILES string of the molecule is C=CCNc1cc(C(=O)Nc2ccc(C(C)=O)cc2)ncn1. The van der Waals surface area contributed by atoms with Crippen molar-refractivity contribution in [3.63, 3.8) is 0 Å². The maximum Gasteiger partial charge on any atom is 0.274 e. The van der Waals surface area contributed by atoms with Gasteiger partial charge in [0.15, 0.2) is 5.78 Å². The molecule has 1 amide bonds. The number of hydrogen-bond acceptors (Lipinski definition) is 5. The quantitative estimate of drug-likeness (QED) is 0.632. The topological polar surface area (TPSA) is 84.0 Å². The molecule has 22 heavy (non-hydrogen) atoms. The Morgan fingerprint density at radius 2 is 1.95 bits per heavy atom. The minimum absolute atomic E-state index is 0.0217. The molecule has 0 atom stereocenters. The molecular formula is C16H16N4O2. The number of carbonyl (C=O) groups excluding carboxylic acids is 2. The Labute approximate surface area is 128 Å². The smallest absolute Gasteiger partial charge is 0.274 e. The van der Waals surface area contributed by atoms with Gasteiger partial charge in [0.05, 0.1) is 0 Å². The third-order valence-corrected chi connectivity index (χ3v) is 2.88. The van der Waals surface area contributed by atoms with E-state index >= 15 is 0 Å². The van der Waals surface area contributed by atoms with E-state index in [0.29, 0.717) is 23.6 Å². The number of nitrogens with one attached hydrogen (secondary N) is 2. The molecule has 2 aromatic rings. The molecule has 0 radical (unpaired) electrons. The van der Waals surface area contributed by atoms with E-state index in [2.05, 4.69) is 27.2 Å². The van der Waals surface area contributed by atoms with Crippen LogP contribution in [0.5, 0.6) is 0 Å². The highest BCUT2D eigenvalue weighted by Gasteiger charge is 2.09. The molecule has 112 valence electrons. The largest absolute Gasteiger partial charge is 0.366 e. The molecule has 0 unspecified atom stereocenters. The summed E-state index contributed by atoms with van der Waals surface area (Å²) in [5.74, 6) is 0.179. The van der Waals surface area contributed by atoms with E-state index in [1.807, 2.05) is 0 Å². The molecule has 6 nitrogen and oxygen atoms in total. The van der Waals surface area contributed by atoms with Gasteiger partial charge < -0.3 is 10.6 Å². The summed E-state index contributed by atoms with van der Waals surface area (Å²) < 4.78 is 0. The summed E-state index contributed by atoms with van der Waals surface area (Å²) in [5, 5.41) is 5.71. The van der Waals surface area contributed by atoms with Gasteiger partial charge in [-0.05, 0) is 31.2 Å². The number of benzene rings is 1. The predicted molar refractivity (Wildman–Crippen MR) is 85.1 cm³/mol. The molecule has 0 saturated heterocycles. The molecule has 1 aromatic heterocycles. The van der Waals surface area contributed by atoms with Crippen LogP contribution in [0.4, 0.5) is 11.5 Å². The van der Waals surface area contributed by atoms with Crippen LogP contribution in [0.25, 0.3) is 0 Å². The number of ketones is 1. The van der Waals surface area contributed by atoms with Crippen LogP contribution >= 0.6 is 0 Å². The van der Waals surface area contributed by atoms with Crippen LogP contribution in [0.1, 0.15) is 27.8 Å². The molecule has 0 spiro atoms. The number of nitrogens with zero attached hydrogens (tertiary/aromatic N) is 2. The van der Waals surface area contributed by atoms with Crippen molar-refractivity contribution in [3.05, 3.63) is 60.6 Å². The third kappa shape index (κ3) is 3.99. The summed E-state index contributed by atoms with van der Waals surface area (Å²) in [4.78, 5) is 31.3. The molecular weight excluding hydrogens is 280 g/mol. The second kappa shape index (κ2) is 7.12. The van der Waals surface area contributed by atoms with E-state index < -0.39 is 0 Å². The molecule has 1 heterocycles. The Bertz CT molecular complexity index is 696. The first-order chi connectivity index (χ1) is 10.6. The summed E-state index contributed by atoms with van der Waals surface area (Å²) in [7, 11) is 0. The Hall–Kier alpha value is -3.02. The van der Waals surface area contributed by atoms with Crippen LogP contribution in [-0.2, 0) is 0 Å². The van der Waals surface area contributed by atoms with Gasteiger partial charge in [-0.1, -0.05) is 6.08 Å². The van der Waals surface area contributed by atoms with Gasteiger partial charge in [-0.3, -0.25) is 9.59 Å². The highest BCUT2D eigenvalue weighted by Crippen LogP contribution is 2.12. The van der Waals surface area contributed by atoms with Crippen LogP contribution in [0.2, 0.25) is 0 Å². The number of anilines is 2. The zero-order valence-electron chi connectivity index (χ0n) is 12.2. The van der Waals surface area contributed by atoms with Crippen LogP contribution < -0.4 is 10.6 Å². The first-order valence-electron chi connectivity index (χ1n) is 6.69. The number of rotatable bonds is 6. The van der Waals surface area contributed by atoms with Crippen molar-refractivity contribution in [2.45, 2.75) is 6.92 Å². The zero-order valence-corrected chi connectivity index (χ0v) is 12.2. The molecule has 0 saturated carbocycles. The lowest BCUT2D eigenvalue weighted by Gasteiger charge is -2.07. The Morgan fingerprint density at radius 3 is 2.59 bits per heavy atom. The van der Waals surface area contributed by atoms with Crippen molar-refractivity contribution in [3.8, 4) is 0 Å². The number of aromatic nitrogens is 2. The van der Waals surface area contributed by atoms with Gasteiger partial charge in [0.2, 0.25) is 0 Å². The zero-order chi connectivity index (χ0) is 15.9. The number of hydrogen-bond donors (Lipinski definition) is 2. The van der Waals surface area contributed by atoms with E-state index in [0.717, 1.165) is 0 Å². The highest BCUT2D eigenvalue weighted by molar-refractivity contribution is 6.03. The van der Waals surface area contributed by atoms with Gasteiger partial charge in [0.1, 0.15) is 17.8 Å². The molecule has 0 bridgehead atoms. The minimum atomic E-state index is -0.348. The number of amides is 1. The molecule has 2 N–H and O–H groups in total. The van der Waals surface area contributed by atoms with Crippen molar-refractivity contribution in [1.82, 2.24) is 9.97 Å². The van der Waals surface area contributed by atoms with E-state index in [1.165, 1.54) is 13.3 Å². The molecule has 1 aromatic carbocycles. The van der Waals surface area contributed by atoms with Gasteiger partial charge >= 0.3 is 0 Å². The van der Waals surface area contributed by atoms with Crippen molar-refractivity contribution in [2.24, 2.45) is 0 Å². The fraction of sp³-hybridized carbons (Fsp3) is 0.125. The van der Waals surface area contributed by atoms with Crippen LogP contribution in [0, 0.1) is 0 Å². The van der Waals surface area contributed by atoms with Crippen LogP contribution in [-0.4, -0.2) is 28.2 Å². The lowest BCUT2D eigenvalue weighted by Crippen LogP contribution is -2.14. The summed E-state index contributed by atoms with van der Waals surface area (Å²) in [6.45, 7) is 5.64. The molecule has 0 fully saturated rings. The lowest BCUT2D eigenvalue weighted by atomic mass is 10.1. The van der Waals surface area contributed by atoms with Gasteiger partial charge in [0, 0.05) is 23.9 Å². The van der Waals surface area contributed by atoms with Gasteiger partial charge in [0.25, 0.3) is 5.91 Å². The first-order valence-corrected chi connectivity index (χ1v) is 6.69. The highest BCUT2D eigenvalue weighted by atomic mass is 16.2. The Kier molecular flexibility index (Phi) is 4.98. The minimum Gasteiger partial charge on any atom is -0.366 e. The Morgan fingerprint density at radius 1 is 1.23 bits per heavy atom. The van der Waals surface area contributed by atoms with Gasteiger partial charge in [-0.25, -0.2) is 9.97 Å². The van der Waals surface area contributed by atoms with Gasteiger partial charge in [-0.15, -0.1) is 6.58 Å². The molecule has 0 aliphatic carbocycles. The van der Waals surface area contributed by atoms with E-state index in [9.17, 15) is 9.59 Å². The fourth-order valence-corrected chi connectivity index (χ4v) is 1.74. The second-order valence-electron chi connectivity index (χ2n) is 4.55. The maximum absolute atomic E-state index is 12.1. The predicted octanol–water partition coefficient (Wildman–Crippen LogP) is 2.53. The Balaban J connectivity index is 2.08. The maximum atomic E-state index is 12.1. The van der Waals surface area contributed by atoms with Crippen molar-refractivity contribution in [2.75, 3.05) is 17.2 Å². The van der Waals surface area contributed by atoms with Crippen molar-refractivity contribution >= 4 is 23.2 Å². The summed E-state index contributed by atoms with van der Waals surface area (Å²) in [5.41, 5.74) is 1.43. The fourth-order valence-electron chi connectivity index (χ4n) is 1.74. The van der Waals surface area contributed by atoms with E-state index in [4.69, 9.17) is 0 Å². The van der Waals surface area contributed by atoms with Gasteiger partial charge in [-0.2, -0.15) is 0 Å². The average molecular weight is 296 g/mol. The summed E-state index contributed by atoms with van der Waals surface area (Å²) in [6, 6.07) is 8.23. The van der Waals surface area contributed by atoms with E-state index in [-0.39, 0.29) is 17.4 Å². The monoisotopic (exact) mass is 296 g/mol. The molecule has 6 heteroatoms. The summed E-state index contributed by atoms with van der Waals surface area (Å²) in [6.07, 6.45) is 3.01. The van der Waals surface area contributed by atoms with Crippen molar-refractivity contribution in [1.29, 1.82) is 0 Å². The average Bonchev–Trinajstić information content (AvgIpc) is 2.53. The third-order valence-electron chi connectivity index (χ3n) is 2.88. The van der Waals surface area contributed by atoms with Crippen LogP contribution in [0.15, 0.2) is 49.3 Å². The standard InChI is InChI=1S/C16H16N4O2/c1-3-8-17-15-9-14(18-10-19-15)16(22)20-13-6-4-12(5-7-13)11(2)21/h3-7,9-10H,1,8H2,2H3,(H,20,22)(H,17,18,19). The van der Waals surface area contributed by atoms with E-state index in [1.54, 1.807) is 36.4 Å². The molecule has 2 rings (SSSR count). The molecule has 0 aliphatic heterocycles. The number of Topliss-reactive ketones (excluding diaryl/α,β-unsaturated/α-hetero) is 1. The summed E-state index contributed by atoms with van der Waals surface area (Å²) >= 11 is 0. The molecule has 0 aliphatic rings. The van der Waals surface area contributed by atoms with Crippen LogP contribution in [0.3, 0.4) is 0 Å². The normalized spacial score (nSPS) is 9.86. The lowest BCUT2D eigenvalue weighted by molar-refractivity contribution is 0.101. The first kappa shape index (κ1) is 15.4. The second-order valence-corrected chi connectivity index (χ2v) is 4.55.